The van der Waals surface area contributed by atoms with Crippen LogP contribution in [0.3, 0.4) is 0 Å². The van der Waals surface area contributed by atoms with Gasteiger partial charge in [-0.1, -0.05) is 23.7 Å². The minimum atomic E-state index is -1.03. The fourth-order valence-electron chi connectivity index (χ4n) is 2.47. The molecule has 1 aromatic carbocycles. The van der Waals surface area contributed by atoms with Gasteiger partial charge in [0.15, 0.2) is 0 Å². The minimum absolute atomic E-state index is 0.0680. The molecule has 0 aliphatic heterocycles. The highest BCUT2D eigenvalue weighted by Gasteiger charge is 2.18. The number of halogens is 1. The van der Waals surface area contributed by atoms with Crippen LogP contribution in [0.5, 0.6) is 0 Å². The molecule has 3 aromatic rings. The van der Waals surface area contributed by atoms with Gasteiger partial charge < -0.3 is 9.67 Å². The molecule has 102 valence electrons. The summed E-state index contributed by atoms with van der Waals surface area (Å²) in [7, 11) is 1.93. The van der Waals surface area contributed by atoms with Crippen molar-refractivity contribution in [2.45, 2.75) is 6.92 Å². The molecular weight excluding hydrogens is 278 g/mol. The lowest BCUT2D eigenvalue weighted by Crippen LogP contribution is -1.95. The Morgan fingerprint density at radius 2 is 2.20 bits per heavy atom. The zero-order valence-electron chi connectivity index (χ0n) is 10.9. The molecule has 0 fully saturated rings. The fourth-order valence-corrected chi connectivity index (χ4v) is 2.77. The van der Waals surface area contributed by atoms with E-state index in [9.17, 15) is 4.79 Å². The van der Waals surface area contributed by atoms with Gasteiger partial charge in [0.1, 0.15) is 5.69 Å². The number of aromatic carboxylic acids is 1. The van der Waals surface area contributed by atoms with Gasteiger partial charge in [0.2, 0.25) is 0 Å². The van der Waals surface area contributed by atoms with Gasteiger partial charge in [0, 0.05) is 23.7 Å². The van der Waals surface area contributed by atoms with E-state index >= 15 is 0 Å². The monoisotopic (exact) mass is 289 g/mol. The Kier molecular flexibility index (Phi) is 2.79. The number of nitrogens with one attached hydrogen (secondary N) is 1. The second-order valence-corrected chi connectivity index (χ2v) is 5.03. The lowest BCUT2D eigenvalue weighted by molar-refractivity contribution is 0.0690. The number of benzene rings is 1. The van der Waals surface area contributed by atoms with Gasteiger partial charge in [-0.2, -0.15) is 5.10 Å². The Labute approximate surface area is 119 Å². The van der Waals surface area contributed by atoms with E-state index in [4.69, 9.17) is 16.7 Å². The molecule has 0 radical (unpaired) electrons. The van der Waals surface area contributed by atoms with Gasteiger partial charge in [-0.25, -0.2) is 4.79 Å². The molecular formula is C14H12ClN3O2. The summed E-state index contributed by atoms with van der Waals surface area (Å²) in [6.07, 6.45) is 0. The largest absolute Gasteiger partial charge is 0.477 e. The van der Waals surface area contributed by atoms with Crippen molar-refractivity contribution in [3.05, 3.63) is 40.7 Å². The Morgan fingerprint density at radius 1 is 1.45 bits per heavy atom. The highest BCUT2D eigenvalue weighted by atomic mass is 35.5. The molecule has 5 nitrogen and oxygen atoms in total. The van der Waals surface area contributed by atoms with Crippen LogP contribution in [0.15, 0.2) is 24.3 Å². The average Bonchev–Trinajstić information content (AvgIpc) is 2.96. The standard InChI is InChI=1S/C14H12ClN3O2/c1-7-12(10-6-11(14(19)20)17-16-10)8-4-3-5-9(15)13(8)18(7)2/h3-6H,1-2H3,(H,16,17)(H,19,20). The van der Waals surface area contributed by atoms with E-state index in [1.54, 1.807) is 0 Å². The molecule has 0 aliphatic rings. The van der Waals surface area contributed by atoms with Crippen molar-refractivity contribution in [1.29, 1.82) is 0 Å². The second kappa shape index (κ2) is 4.38. The predicted octanol–water partition coefficient (Wildman–Crippen LogP) is 3.23. The first kappa shape index (κ1) is 12.7. The van der Waals surface area contributed by atoms with Gasteiger partial charge in [-0.05, 0) is 19.1 Å². The number of carbonyl (C=O) groups is 1. The van der Waals surface area contributed by atoms with Crippen LogP contribution in [0.2, 0.25) is 5.02 Å². The molecule has 2 N–H and O–H groups in total. The first-order valence-electron chi connectivity index (χ1n) is 6.03. The van der Waals surface area contributed by atoms with Crippen LogP contribution in [0.25, 0.3) is 22.2 Å². The molecule has 0 bridgehead atoms. The SMILES string of the molecule is Cc1c(-c2cc(C(=O)O)[nH]n2)c2cccc(Cl)c2n1C. The molecule has 0 spiro atoms. The highest BCUT2D eigenvalue weighted by molar-refractivity contribution is 6.35. The molecule has 0 saturated carbocycles. The first-order chi connectivity index (χ1) is 9.50. The highest BCUT2D eigenvalue weighted by Crippen LogP contribution is 2.36. The number of nitrogens with zero attached hydrogens (tertiary/aromatic N) is 2. The van der Waals surface area contributed by atoms with Crippen LogP contribution < -0.4 is 0 Å². The second-order valence-electron chi connectivity index (χ2n) is 4.63. The first-order valence-corrected chi connectivity index (χ1v) is 6.41. The minimum Gasteiger partial charge on any atom is -0.477 e. The van der Waals surface area contributed by atoms with Crippen molar-refractivity contribution in [2.24, 2.45) is 7.05 Å². The van der Waals surface area contributed by atoms with Crippen LogP contribution in [-0.2, 0) is 7.05 Å². The quantitative estimate of drug-likeness (QED) is 0.761. The molecule has 20 heavy (non-hydrogen) atoms. The van der Waals surface area contributed by atoms with Crippen LogP contribution in [-0.4, -0.2) is 25.8 Å². The Bertz CT molecular complexity index is 832. The van der Waals surface area contributed by atoms with Crippen LogP contribution in [0.1, 0.15) is 16.2 Å². The maximum Gasteiger partial charge on any atom is 0.353 e. The Hall–Kier alpha value is -2.27. The smallest absolute Gasteiger partial charge is 0.353 e. The zero-order valence-corrected chi connectivity index (χ0v) is 11.7. The summed E-state index contributed by atoms with van der Waals surface area (Å²) in [6, 6.07) is 7.20. The average molecular weight is 290 g/mol. The number of hydrogen-bond acceptors (Lipinski definition) is 2. The van der Waals surface area contributed by atoms with E-state index in [2.05, 4.69) is 10.2 Å². The lowest BCUT2D eigenvalue weighted by atomic mass is 10.1. The van der Waals surface area contributed by atoms with Crippen molar-refractivity contribution in [3.63, 3.8) is 0 Å². The fraction of sp³-hybridized carbons (Fsp3) is 0.143. The number of aromatic amines is 1. The molecule has 0 saturated heterocycles. The third-order valence-electron chi connectivity index (χ3n) is 3.52. The number of hydrogen-bond donors (Lipinski definition) is 2. The number of para-hydroxylation sites is 1. The maximum atomic E-state index is 11.0. The van der Waals surface area contributed by atoms with E-state index in [0.29, 0.717) is 10.7 Å². The van der Waals surface area contributed by atoms with Crippen LogP contribution in [0, 0.1) is 6.92 Å². The Morgan fingerprint density at radius 3 is 2.85 bits per heavy atom. The predicted molar refractivity (Wildman–Crippen MR) is 77.2 cm³/mol. The maximum absolute atomic E-state index is 11.0. The Balaban J connectivity index is 2.33. The number of carboxylic acid groups (broad SMARTS) is 1. The molecule has 0 atom stereocenters. The molecule has 0 aliphatic carbocycles. The van der Waals surface area contributed by atoms with Gasteiger partial charge in [0.25, 0.3) is 0 Å². The van der Waals surface area contributed by atoms with Crippen molar-refractivity contribution in [3.8, 4) is 11.3 Å². The number of carboxylic acids is 1. The van der Waals surface area contributed by atoms with Crippen molar-refractivity contribution >= 4 is 28.5 Å². The van der Waals surface area contributed by atoms with Gasteiger partial charge in [-0.15, -0.1) is 0 Å². The van der Waals surface area contributed by atoms with Gasteiger partial charge in [0.05, 0.1) is 16.2 Å². The molecule has 0 amide bonds. The third kappa shape index (κ3) is 1.71. The van der Waals surface area contributed by atoms with Crippen molar-refractivity contribution in [1.82, 2.24) is 14.8 Å². The number of rotatable bonds is 2. The summed E-state index contributed by atoms with van der Waals surface area (Å²) in [6.45, 7) is 1.96. The summed E-state index contributed by atoms with van der Waals surface area (Å²) in [5.41, 5.74) is 3.47. The van der Waals surface area contributed by atoms with Crippen LogP contribution >= 0.6 is 11.6 Å². The summed E-state index contributed by atoms with van der Waals surface area (Å²) >= 11 is 6.25. The summed E-state index contributed by atoms with van der Waals surface area (Å²) in [5.74, 6) is -1.03. The topological polar surface area (TPSA) is 70.9 Å². The van der Waals surface area contributed by atoms with E-state index in [0.717, 1.165) is 22.2 Å². The number of aromatic nitrogens is 3. The number of H-pyrrole nitrogens is 1. The normalized spacial score (nSPS) is 11.2. The molecule has 0 unspecified atom stereocenters. The zero-order chi connectivity index (χ0) is 14.4. The van der Waals surface area contributed by atoms with Crippen LogP contribution in [0.4, 0.5) is 0 Å². The van der Waals surface area contributed by atoms with E-state index in [1.165, 1.54) is 6.07 Å². The lowest BCUT2D eigenvalue weighted by Gasteiger charge is -1.99. The number of aryl methyl sites for hydroxylation is 1. The summed E-state index contributed by atoms with van der Waals surface area (Å²) < 4.78 is 1.99. The summed E-state index contributed by atoms with van der Waals surface area (Å²) in [4.78, 5) is 11.0. The molecule has 6 heteroatoms. The van der Waals surface area contributed by atoms with Gasteiger partial charge in [-0.3, -0.25) is 5.10 Å². The van der Waals surface area contributed by atoms with E-state index < -0.39 is 5.97 Å². The van der Waals surface area contributed by atoms with E-state index in [1.807, 2.05) is 36.7 Å². The van der Waals surface area contributed by atoms with Crippen molar-refractivity contribution < 1.29 is 9.90 Å². The van der Waals surface area contributed by atoms with Crippen molar-refractivity contribution in [2.75, 3.05) is 0 Å². The third-order valence-corrected chi connectivity index (χ3v) is 3.83. The van der Waals surface area contributed by atoms with Gasteiger partial charge >= 0.3 is 5.97 Å². The molecule has 3 rings (SSSR count). The summed E-state index contributed by atoms with van der Waals surface area (Å²) in [5, 5.41) is 17.2. The molecule has 2 heterocycles. The molecule has 2 aromatic heterocycles. The van der Waals surface area contributed by atoms with E-state index in [-0.39, 0.29) is 5.69 Å². The number of fused-ring (bicyclic) bond motifs is 1.